The van der Waals surface area contributed by atoms with Crippen LogP contribution in [0.5, 0.6) is 0 Å². The summed E-state index contributed by atoms with van der Waals surface area (Å²) in [6.45, 7) is 4.00. The van der Waals surface area contributed by atoms with Crippen LogP contribution in [-0.2, 0) is 0 Å². The lowest BCUT2D eigenvalue weighted by molar-refractivity contribution is 0.0923. The molecule has 1 aromatic heterocycles. The van der Waals surface area contributed by atoms with E-state index in [1.54, 1.807) is 12.3 Å². The van der Waals surface area contributed by atoms with Crippen molar-refractivity contribution in [3.63, 3.8) is 0 Å². The van der Waals surface area contributed by atoms with Gasteiger partial charge in [-0.15, -0.1) is 0 Å². The molecule has 1 aromatic carbocycles. The Kier molecular flexibility index (Phi) is 6.81. The number of Topliss-reactive ketones (excluding diaryl/α,β-unsaturated/α-hetero) is 1. The molecule has 2 saturated carbocycles. The summed E-state index contributed by atoms with van der Waals surface area (Å²) in [5, 5.41) is 6.82. The first-order valence-electron chi connectivity index (χ1n) is 14.6. The molecule has 4 atom stereocenters. The minimum absolute atomic E-state index is 0.0726. The van der Waals surface area contributed by atoms with Crippen molar-refractivity contribution in [2.75, 3.05) is 10.2 Å². The summed E-state index contributed by atoms with van der Waals surface area (Å²) in [7, 11) is 0. The summed E-state index contributed by atoms with van der Waals surface area (Å²) in [6.07, 6.45) is 10.9. The number of hydrogen-bond acceptors (Lipinski definition) is 6. The zero-order chi connectivity index (χ0) is 27.3. The lowest BCUT2D eigenvalue weighted by Gasteiger charge is -2.40. The molecule has 2 aliphatic carbocycles. The molecule has 6 rings (SSSR count). The summed E-state index contributed by atoms with van der Waals surface area (Å²) in [5.41, 5.74) is 8.83. The molecule has 4 fully saturated rings. The molecule has 8 nitrogen and oxygen atoms in total. The van der Waals surface area contributed by atoms with E-state index in [4.69, 9.17) is 5.73 Å². The highest BCUT2D eigenvalue weighted by molar-refractivity contribution is 6.03. The fourth-order valence-electron chi connectivity index (χ4n) is 6.73. The number of carbonyl (C=O) groups excluding carboxylic acids is 3. The Bertz CT molecular complexity index is 1270. The van der Waals surface area contributed by atoms with Gasteiger partial charge < -0.3 is 21.3 Å². The average Bonchev–Trinajstić information content (AvgIpc) is 3.84. The number of nitrogens with two attached hydrogens (primary N) is 1. The number of hydrogen-bond donors (Lipinski definition) is 3. The molecule has 2 saturated heterocycles. The standard InChI is InChI=1S/C31H39N5O3/c1-3-26(18-4-5-18)35-27-15-24(17(2)12-25(27)30(32)38)31(39)34-21-13-22-9-10-23(14-21)36(22)28-11-8-20(16-33-28)29(37)19-6-7-19/h8,11-12,15-16,18-19,21-23,26,35H,3-7,9-10,13-14H2,1-2H3,(H2,32,38)(H,34,39)/t21?,22-,23+,26?. The highest BCUT2D eigenvalue weighted by Gasteiger charge is 2.42. The van der Waals surface area contributed by atoms with Crippen LogP contribution in [0.1, 0.15) is 101 Å². The quantitative estimate of drug-likeness (QED) is 0.387. The fourth-order valence-corrected chi connectivity index (χ4v) is 6.73. The normalized spacial score (nSPS) is 24.8. The van der Waals surface area contributed by atoms with Crippen molar-refractivity contribution in [1.82, 2.24) is 10.3 Å². The summed E-state index contributed by atoms with van der Waals surface area (Å²) in [6, 6.07) is 8.44. The second kappa shape index (κ2) is 10.3. The van der Waals surface area contributed by atoms with E-state index in [9.17, 15) is 14.4 Å². The number of nitrogens with one attached hydrogen (secondary N) is 2. The van der Waals surface area contributed by atoms with Crippen LogP contribution in [0.2, 0.25) is 0 Å². The van der Waals surface area contributed by atoms with Crippen LogP contribution in [-0.4, -0.2) is 46.7 Å². The summed E-state index contributed by atoms with van der Waals surface area (Å²) < 4.78 is 0. The number of amides is 2. The maximum Gasteiger partial charge on any atom is 0.251 e. The zero-order valence-electron chi connectivity index (χ0n) is 22.9. The van der Waals surface area contributed by atoms with E-state index in [-0.39, 0.29) is 29.7 Å². The third-order valence-corrected chi connectivity index (χ3v) is 9.16. The minimum Gasteiger partial charge on any atom is -0.381 e. The van der Waals surface area contributed by atoms with Gasteiger partial charge in [-0.3, -0.25) is 14.4 Å². The molecule has 2 bridgehead atoms. The van der Waals surface area contributed by atoms with Crippen LogP contribution >= 0.6 is 0 Å². The molecule has 2 aromatic rings. The van der Waals surface area contributed by atoms with E-state index in [0.717, 1.165) is 56.3 Å². The monoisotopic (exact) mass is 529 g/mol. The number of primary amides is 1. The van der Waals surface area contributed by atoms with Gasteiger partial charge in [0, 0.05) is 53.1 Å². The lowest BCUT2D eigenvalue weighted by Crippen LogP contribution is -2.50. The average molecular weight is 530 g/mol. The van der Waals surface area contributed by atoms with Gasteiger partial charge in [-0.05, 0) is 100 Å². The van der Waals surface area contributed by atoms with Crippen LogP contribution in [0, 0.1) is 18.8 Å². The van der Waals surface area contributed by atoms with Gasteiger partial charge in [-0.2, -0.15) is 0 Å². The summed E-state index contributed by atoms with van der Waals surface area (Å²) in [5.74, 6) is 1.36. The zero-order valence-corrected chi connectivity index (χ0v) is 22.9. The fraction of sp³-hybridized carbons (Fsp3) is 0.548. The molecule has 0 radical (unpaired) electrons. The number of aryl methyl sites for hydroxylation is 1. The molecular weight excluding hydrogens is 490 g/mol. The molecule has 2 amide bonds. The van der Waals surface area contributed by atoms with Crippen molar-refractivity contribution >= 4 is 29.1 Å². The van der Waals surface area contributed by atoms with E-state index in [1.807, 2.05) is 25.1 Å². The van der Waals surface area contributed by atoms with Gasteiger partial charge >= 0.3 is 0 Å². The minimum atomic E-state index is -0.485. The van der Waals surface area contributed by atoms with E-state index >= 15 is 0 Å². The molecule has 2 aliphatic heterocycles. The Morgan fingerprint density at radius 1 is 1.03 bits per heavy atom. The maximum atomic E-state index is 13.5. The van der Waals surface area contributed by atoms with Crippen LogP contribution in [0.15, 0.2) is 30.5 Å². The molecule has 2 unspecified atom stereocenters. The lowest BCUT2D eigenvalue weighted by atomic mass is 9.95. The first kappa shape index (κ1) is 25.8. The molecule has 3 heterocycles. The Morgan fingerprint density at radius 2 is 1.74 bits per heavy atom. The van der Waals surface area contributed by atoms with E-state index < -0.39 is 5.91 Å². The van der Waals surface area contributed by atoms with Crippen molar-refractivity contribution in [3.05, 3.63) is 52.7 Å². The molecule has 0 spiro atoms. The molecule has 39 heavy (non-hydrogen) atoms. The van der Waals surface area contributed by atoms with Gasteiger partial charge in [0.1, 0.15) is 5.82 Å². The number of fused-ring (bicyclic) bond motifs is 2. The Balaban J connectivity index is 1.14. The molecular formula is C31H39N5O3. The Morgan fingerprint density at radius 3 is 2.31 bits per heavy atom. The highest BCUT2D eigenvalue weighted by Crippen LogP contribution is 2.40. The maximum absolute atomic E-state index is 13.5. The number of anilines is 2. The number of aromatic nitrogens is 1. The predicted octanol–water partition coefficient (Wildman–Crippen LogP) is 4.61. The van der Waals surface area contributed by atoms with E-state index in [2.05, 4.69) is 27.4 Å². The number of carbonyl (C=O) groups is 3. The van der Waals surface area contributed by atoms with E-state index in [0.29, 0.717) is 40.4 Å². The van der Waals surface area contributed by atoms with Crippen LogP contribution < -0.4 is 21.3 Å². The van der Waals surface area contributed by atoms with Gasteiger partial charge in [0.25, 0.3) is 11.8 Å². The van der Waals surface area contributed by atoms with Crippen molar-refractivity contribution in [2.45, 2.75) is 95.8 Å². The third kappa shape index (κ3) is 5.25. The van der Waals surface area contributed by atoms with Gasteiger partial charge in [-0.25, -0.2) is 4.98 Å². The van der Waals surface area contributed by atoms with Crippen molar-refractivity contribution < 1.29 is 14.4 Å². The molecule has 4 N–H and O–H groups in total. The largest absolute Gasteiger partial charge is 0.381 e. The van der Waals surface area contributed by atoms with Crippen LogP contribution in [0.25, 0.3) is 0 Å². The summed E-state index contributed by atoms with van der Waals surface area (Å²) in [4.78, 5) is 45.1. The van der Waals surface area contributed by atoms with Gasteiger partial charge in [0.05, 0.1) is 5.56 Å². The third-order valence-electron chi connectivity index (χ3n) is 9.16. The Hall–Kier alpha value is -3.42. The first-order chi connectivity index (χ1) is 18.8. The second-order valence-electron chi connectivity index (χ2n) is 12.1. The van der Waals surface area contributed by atoms with Crippen molar-refractivity contribution in [1.29, 1.82) is 0 Å². The number of ketones is 1. The number of piperidine rings is 1. The topological polar surface area (TPSA) is 117 Å². The summed E-state index contributed by atoms with van der Waals surface area (Å²) >= 11 is 0. The molecule has 4 aliphatic rings. The van der Waals surface area contributed by atoms with E-state index in [1.165, 1.54) is 12.8 Å². The van der Waals surface area contributed by atoms with Gasteiger partial charge in [0.15, 0.2) is 5.78 Å². The number of pyridine rings is 1. The number of nitrogens with zero attached hydrogens (tertiary/aromatic N) is 2. The molecule has 206 valence electrons. The number of rotatable bonds is 10. The van der Waals surface area contributed by atoms with Gasteiger partial charge in [0.2, 0.25) is 0 Å². The van der Waals surface area contributed by atoms with Crippen LogP contribution in [0.3, 0.4) is 0 Å². The Labute approximate surface area is 230 Å². The smallest absolute Gasteiger partial charge is 0.251 e. The van der Waals surface area contributed by atoms with Crippen molar-refractivity contribution in [2.24, 2.45) is 17.6 Å². The highest BCUT2D eigenvalue weighted by atomic mass is 16.2. The SMILES string of the molecule is CCC(Nc1cc(C(=O)NC2C[C@H]3CC[C@@H](C2)N3c2ccc(C(=O)C3CC3)cn2)c(C)cc1C(N)=O)C1CC1. The second-order valence-corrected chi connectivity index (χ2v) is 12.1. The van der Waals surface area contributed by atoms with Crippen LogP contribution in [0.4, 0.5) is 11.5 Å². The van der Waals surface area contributed by atoms with Gasteiger partial charge in [-0.1, -0.05) is 6.92 Å². The predicted molar refractivity (Wildman–Crippen MR) is 151 cm³/mol. The number of benzene rings is 1. The first-order valence-corrected chi connectivity index (χ1v) is 14.6. The molecule has 8 heteroatoms. The van der Waals surface area contributed by atoms with Crippen molar-refractivity contribution in [3.8, 4) is 0 Å².